The summed E-state index contributed by atoms with van der Waals surface area (Å²) in [7, 11) is 0. The molecule has 0 unspecified atom stereocenters. The van der Waals surface area contributed by atoms with Gasteiger partial charge in [0.05, 0.1) is 6.61 Å². The van der Waals surface area contributed by atoms with Gasteiger partial charge in [-0.1, -0.05) is 0 Å². The summed E-state index contributed by atoms with van der Waals surface area (Å²) < 4.78 is 0.537. The Morgan fingerprint density at radius 2 is 2.30 bits per heavy atom. The Labute approximate surface area is 66.4 Å². The monoisotopic (exact) mass is 161 g/mol. The Hall–Kier alpha value is 0.270. The molecule has 0 spiro atoms. The van der Waals surface area contributed by atoms with Gasteiger partial charge in [-0.05, 0) is 19.1 Å². The van der Waals surface area contributed by atoms with Gasteiger partial charge in [0.1, 0.15) is 0 Å². The minimum Gasteiger partial charge on any atom is -0.395 e. The summed E-state index contributed by atoms with van der Waals surface area (Å²) >= 11 is 1.94. The molecule has 0 aliphatic heterocycles. The molecule has 0 atom stereocenters. The van der Waals surface area contributed by atoms with Gasteiger partial charge in [0.2, 0.25) is 0 Å². The summed E-state index contributed by atoms with van der Waals surface area (Å²) in [4.78, 5) is 0. The van der Waals surface area contributed by atoms with Crippen molar-refractivity contribution in [2.45, 2.75) is 17.6 Å². The predicted octanol–water partition coefficient (Wildman–Crippen LogP) is 0.464. The summed E-state index contributed by atoms with van der Waals surface area (Å²) in [6.07, 6.45) is 4.84. The molecule has 0 aromatic heterocycles. The summed E-state index contributed by atoms with van der Waals surface area (Å²) in [6.45, 7) is 2.06. The molecule has 0 saturated heterocycles. The maximum Gasteiger partial charge on any atom is 0.0555 e. The number of nitrogens with one attached hydrogen (secondary N) is 1. The SMILES string of the molecule is CSC1(CNCCO)CC1. The summed E-state index contributed by atoms with van der Waals surface area (Å²) in [5, 5.41) is 11.7. The molecule has 3 heteroatoms. The molecular weight excluding hydrogens is 146 g/mol. The minimum atomic E-state index is 0.254. The summed E-state index contributed by atoms with van der Waals surface area (Å²) in [5.41, 5.74) is 0. The largest absolute Gasteiger partial charge is 0.395 e. The van der Waals surface area contributed by atoms with E-state index >= 15 is 0 Å². The molecule has 10 heavy (non-hydrogen) atoms. The Kier molecular flexibility index (Phi) is 3.01. The van der Waals surface area contributed by atoms with Crippen molar-refractivity contribution >= 4 is 11.8 Å². The van der Waals surface area contributed by atoms with E-state index in [0.717, 1.165) is 13.1 Å². The number of thioether (sulfide) groups is 1. The lowest BCUT2D eigenvalue weighted by atomic mass is 10.4. The fourth-order valence-electron chi connectivity index (χ4n) is 0.988. The van der Waals surface area contributed by atoms with Gasteiger partial charge in [0, 0.05) is 17.8 Å². The molecule has 1 aliphatic rings. The van der Waals surface area contributed by atoms with E-state index in [4.69, 9.17) is 5.11 Å². The highest BCUT2D eigenvalue weighted by Crippen LogP contribution is 2.46. The van der Waals surface area contributed by atoms with E-state index in [2.05, 4.69) is 11.6 Å². The van der Waals surface area contributed by atoms with E-state index in [0.29, 0.717) is 4.75 Å². The average Bonchev–Trinajstić information content (AvgIpc) is 2.70. The van der Waals surface area contributed by atoms with E-state index in [1.807, 2.05) is 11.8 Å². The minimum absolute atomic E-state index is 0.254. The first-order valence-electron chi connectivity index (χ1n) is 3.70. The quantitative estimate of drug-likeness (QED) is 0.575. The lowest BCUT2D eigenvalue weighted by Gasteiger charge is -2.11. The van der Waals surface area contributed by atoms with E-state index in [-0.39, 0.29) is 6.61 Å². The molecule has 2 nitrogen and oxygen atoms in total. The normalized spacial score (nSPS) is 21.0. The lowest BCUT2D eigenvalue weighted by molar-refractivity contribution is 0.292. The van der Waals surface area contributed by atoms with Crippen molar-refractivity contribution in [3.8, 4) is 0 Å². The number of hydrogen-bond acceptors (Lipinski definition) is 3. The first-order chi connectivity index (χ1) is 4.83. The zero-order chi connectivity index (χ0) is 7.45. The highest BCUT2D eigenvalue weighted by Gasteiger charge is 2.40. The van der Waals surface area contributed by atoms with E-state index in [1.165, 1.54) is 12.8 Å². The zero-order valence-corrected chi connectivity index (χ0v) is 7.21. The van der Waals surface area contributed by atoms with Crippen LogP contribution in [0, 0.1) is 0 Å². The van der Waals surface area contributed by atoms with Gasteiger partial charge in [-0.3, -0.25) is 0 Å². The standard InChI is InChI=1S/C7H15NOS/c1-10-7(2-3-7)6-8-4-5-9/h8-9H,2-6H2,1H3. The molecule has 1 rings (SSSR count). The van der Waals surface area contributed by atoms with Crippen LogP contribution in [0.2, 0.25) is 0 Å². The van der Waals surface area contributed by atoms with Crippen molar-refractivity contribution in [1.29, 1.82) is 0 Å². The maximum absolute atomic E-state index is 8.49. The van der Waals surface area contributed by atoms with Crippen LogP contribution >= 0.6 is 11.8 Å². The van der Waals surface area contributed by atoms with E-state index < -0.39 is 0 Å². The van der Waals surface area contributed by atoms with Crippen molar-refractivity contribution in [2.24, 2.45) is 0 Å². The summed E-state index contributed by atoms with van der Waals surface area (Å²) in [5.74, 6) is 0. The van der Waals surface area contributed by atoms with Crippen LogP contribution in [0.25, 0.3) is 0 Å². The molecule has 0 aromatic rings. The molecule has 0 heterocycles. The number of rotatable bonds is 5. The van der Waals surface area contributed by atoms with Crippen molar-refractivity contribution in [3.05, 3.63) is 0 Å². The molecule has 0 radical (unpaired) electrons. The third kappa shape index (κ3) is 2.15. The van der Waals surface area contributed by atoms with E-state index in [1.54, 1.807) is 0 Å². The van der Waals surface area contributed by atoms with Gasteiger partial charge in [-0.2, -0.15) is 11.8 Å². The first-order valence-corrected chi connectivity index (χ1v) is 4.92. The summed E-state index contributed by atoms with van der Waals surface area (Å²) in [6, 6.07) is 0. The second-order valence-corrected chi connectivity index (χ2v) is 4.06. The highest BCUT2D eigenvalue weighted by molar-refractivity contribution is 8.00. The number of aliphatic hydroxyl groups is 1. The zero-order valence-electron chi connectivity index (χ0n) is 6.39. The van der Waals surface area contributed by atoms with Gasteiger partial charge in [-0.15, -0.1) is 0 Å². The van der Waals surface area contributed by atoms with E-state index in [9.17, 15) is 0 Å². The molecule has 1 saturated carbocycles. The Balaban J connectivity index is 2.01. The average molecular weight is 161 g/mol. The maximum atomic E-state index is 8.49. The van der Waals surface area contributed by atoms with Crippen molar-refractivity contribution < 1.29 is 5.11 Å². The van der Waals surface area contributed by atoms with Crippen LogP contribution in [0.1, 0.15) is 12.8 Å². The lowest BCUT2D eigenvalue weighted by Crippen LogP contribution is -2.28. The smallest absolute Gasteiger partial charge is 0.0555 e. The fraction of sp³-hybridized carbons (Fsp3) is 1.00. The van der Waals surface area contributed by atoms with Gasteiger partial charge in [0.15, 0.2) is 0 Å². The topological polar surface area (TPSA) is 32.3 Å². The Bertz CT molecular complexity index is 104. The number of aliphatic hydroxyl groups excluding tert-OH is 1. The van der Waals surface area contributed by atoms with Crippen LogP contribution in [-0.2, 0) is 0 Å². The van der Waals surface area contributed by atoms with Crippen molar-refractivity contribution in [1.82, 2.24) is 5.32 Å². The molecule has 0 amide bonds. The molecule has 1 aliphatic carbocycles. The Morgan fingerprint density at radius 3 is 2.70 bits per heavy atom. The van der Waals surface area contributed by atoms with Crippen LogP contribution < -0.4 is 5.32 Å². The molecular formula is C7H15NOS. The molecule has 2 N–H and O–H groups in total. The third-order valence-electron chi connectivity index (χ3n) is 1.98. The van der Waals surface area contributed by atoms with Crippen molar-refractivity contribution in [3.63, 3.8) is 0 Å². The van der Waals surface area contributed by atoms with Gasteiger partial charge >= 0.3 is 0 Å². The molecule has 0 aromatic carbocycles. The van der Waals surface area contributed by atoms with Crippen molar-refractivity contribution in [2.75, 3.05) is 26.0 Å². The first kappa shape index (κ1) is 8.37. The molecule has 60 valence electrons. The van der Waals surface area contributed by atoms with Gasteiger partial charge in [-0.25, -0.2) is 0 Å². The second-order valence-electron chi connectivity index (χ2n) is 2.79. The van der Waals surface area contributed by atoms with Crippen LogP contribution in [-0.4, -0.2) is 35.8 Å². The third-order valence-corrected chi connectivity index (χ3v) is 3.40. The molecule has 0 bridgehead atoms. The van der Waals surface area contributed by atoms with Gasteiger partial charge < -0.3 is 10.4 Å². The number of hydrogen-bond donors (Lipinski definition) is 2. The highest BCUT2D eigenvalue weighted by atomic mass is 32.2. The Morgan fingerprint density at radius 1 is 1.60 bits per heavy atom. The fourth-order valence-corrected chi connectivity index (χ4v) is 1.74. The van der Waals surface area contributed by atoms with Crippen LogP contribution in [0.3, 0.4) is 0 Å². The van der Waals surface area contributed by atoms with Crippen LogP contribution in [0.5, 0.6) is 0 Å². The van der Waals surface area contributed by atoms with Crippen LogP contribution in [0.4, 0.5) is 0 Å². The van der Waals surface area contributed by atoms with Crippen LogP contribution in [0.15, 0.2) is 0 Å². The molecule has 1 fully saturated rings. The second kappa shape index (κ2) is 3.60. The predicted molar refractivity (Wildman–Crippen MR) is 45.4 cm³/mol. The van der Waals surface area contributed by atoms with Gasteiger partial charge in [0.25, 0.3) is 0 Å².